The van der Waals surface area contributed by atoms with E-state index in [9.17, 15) is 4.21 Å². The molecule has 1 atom stereocenters. The summed E-state index contributed by atoms with van der Waals surface area (Å²) in [6.07, 6.45) is 3.15. The Morgan fingerprint density at radius 3 is 2.56 bits per heavy atom. The van der Waals surface area contributed by atoms with Crippen LogP contribution in [0.1, 0.15) is 26.5 Å². The second-order valence-electron chi connectivity index (χ2n) is 4.56. The summed E-state index contributed by atoms with van der Waals surface area (Å²) in [6.45, 7) is 6.28. The van der Waals surface area contributed by atoms with Gasteiger partial charge in [0.05, 0.1) is 21.2 Å². The molecule has 0 saturated carbocycles. The van der Waals surface area contributed by atoms with Crippen molar-refractivity contribution in [1.82, 2.24) is 15.0 Å². The molecule has 1 unspecified atom stereocenters. The predicted molar refractivity (Wildman–Crippen MR) is 66.2 cm³/mol. The zero-order chi connectivity index (χ0) is 11.9. The van der Waals surface area contributed by atoms with E-state index in [0.29, 0.717) is 9.99 Å². The van der Waals surface area contributed by atoms with Crippen molar-refractivity contribution in [2.45, 2.75) is 30.5 Å². The summed E-state index contributed by atoms with van der Waals surface area (Å²) in [7, 11) is -1.06. The Morgan fingerprint density at radius 1 is 1.31 bits per heavy atom. The summed E-state index contributed by atoms with van der Waals surface area (Å²) in [5.41, 5.74) is 1.56. The molecule has 0 bridgehead atoms. The van der Waals surface area contributed by atoms with Gasteiger partial charge in [-0.2, -0.15) is 0 Å². The van der Waals surface area contributed by atoms with Gasteiger partial charge in [0.1, 0.15) is 6.33 Å². The first-order valence-corrected chi connectivity index (χ1v) is 7.22. The molecule has 16 heavy (non-hydrogen) atoms. The van der Waals surface area contributed by atoms with Gasteiger partial charge in [-0.3, -0.25) is 4.21 Å². The number of aromatic nitrogens is 3. The first kappa shape index (κ1) is 11.6. The van der Waals surface area contributed by atoms with E-state index in [4.69, 9.17) is 0 Å². The minimum Gasteiger partial charge on any atom is -0.252 e. The summed E-state index contributed by atoms with van der Waals surface area (Å²) in [5, 5.41) is 0. The molecular formula is C10H13N3OS2. The highest BCUT2D eigenvalue weighted by atomic mass is 32.2. The smallest absolute Gasteiger partial charge is 0.183 e. The van der Waals surface area contributed by atoms with Gasteiger partial charge in [-0.25, -0.2) is 15.0 Å². The molecule has 0 aliphatic heterocycles. The monoisotopic (exact) mass is 255 g/mol. The number of nitrogens with zero attached hydrogens (tertiary/aromatic N) is 3. The Bertz CT molecular complexity index is 557. The fourth-order valence-electron chi connectivity index (χ4n) is 1.39. The molecular weight excluding hydrogens is 242 g/mol. The van der Waals surface area contributed by atoms with Gasteiger partial charge >= 0.3 is 0 Å². The van der Waals surface area contributed by atoms with E-state index in [2.05, 4.69) is 35.7 Å². The first-order valence-electron chi connectivity index (χ1n) is 4.85. The van der Waals surface area contributed by atoms with Gasteiger partial charge < -0.3 is 0 Å². The predicted octanol–water partition coefficient (Wildman–Crippen LogP) is 2.12. The summed E-state index contributed by atoms with van der Waals surface area (Å²) < 4.78 is 12.9. The van der Waals surface area contributed by atoms with Crippen LogP contribution in [0.2, 0.25) is 0 Å². The normalized spacial score (nSPS) is 14.2. The molecule has 86 valence electrons. The summed E-state index contributed by atoms with van der Waals surface area (Å²) in [5.74, 6) is 0. The van der Waals surface area contributed by atoms with E-state index in [-0.39, 0.29) is 5.41 Å². The molecule has 2 aromatic rings. The Hall–Kier alpha value is -0.880. The molecule has 0 spiro atoms. The van der Waals surface area contributed by atoms with Crippen molar-refractivity contribution in [3.8, 4) is 0 Å². The van der Waals surface area contributed by atoms with Gasteiger partial charge in [-0.1, -0.05) is 20.8 Å². The third-order valence-electron chi connectivity index (χ3n) is 2.13. The molecule has 0 saturated heterocycles. The molecule has 2 heterocycles. The van der Waals surface area contributed by atoms with Gasteiger partial charge in [0.25, 0.3) is 0 Å². The average Bonchev–Trinajstić information content (AvgIpc) is 2.58. The van der Waals surface area contributed by atoms with Crippen LogP contribution in [0.15, 0.2) is 10.7 Å². The van der Waals surface area contributed by atoms with Crippen LogP contribution in [-0.4, -0.2) is 25.4 Å². The van der Waals surface area contributed by atoms with Crippen LogP contribution in [0.5, 0.6) is 0 Å². The van der Waals surface area contributed by atoms with E-state index >= 15 is 0 Å². The maximum absolute atomic E-state index is 11.4. The van der Waals surface area contributed by atoms with Gasteiger partial charge in [0.15, 0.2) is 9.99 Å². The van der Waals surface area contributed by atoms with Crippen LogP contribution in [0.4, 0.5) is 0 Å². The molecule has 0 amide bonds. The zero-order valence-electron chi connectivity index (χ0n) is 9.64. The second-order valence-corrected chi connectivity index (χ2v) is 7.11. The quantitative estimate of drug-likeness (QED) is 0.783. The van der Waals surface area contributed by atoms with Crippen LogP contribution in [0.3, 0.4) is 0 Å². The lowest BCUT2D eigenvalue weighted by Gasteiger charge is -2.17. The maximum atomic E-state index is 11.4. The first-order chi connectivity index (χ1) is 7.39. The van der Waals surface area contributed by atoms with Crippen LogP contribution in [0, 0.1) is 0 Å². The lowest BCUT2D eigenvalue weighted by molar-refractivity contribution is 0.575. The van der Waals surface area contributed by atoms with Crippen molar-refractivity contribution in [3.05, 3.63) is 12.0 Å². The molecule has 0 aliphatic rings. The van der Waals surface area contributed by atoms with E-state index in [0.717, 1.165) is 10.4 Å². The SMILES string of the molecule is CS(=O)c1nc2ncnc(C(C)(C)C)c2s1. The second kappa shape index (κ2) is 3.85. The van der Waals surface area contributed by atoms with E-state index < -0.39 is 10.8 Å². The van der Waals surface area contributed by atoms with E-state index in [1.54, 1.807) is 6.26 Å². The van der Waals surface area contributed by atoms with Crippen LogP contribution in [0.25, 0.3) is 10.3 Å². The Labute approximate surface area is 101 Å². The van der Waals surface area contributed by atoms with Crippen LogP contribution < -0.4 is 0 Å². The number of hydrogen-bond donors (Lipinski definition) is 0. The number of hydrogen-bond acceptors (Lipinski definition) is 5. The van der Waals surface area contributed by atoms with Crippen molar-refractivity contribution in [1.29, 1.82) is 0 Å². The van der Waals surface area contributed by atoms with Crippen LogP contribution >= 0.6 is 11.3 Å². The fourth-order valence-corrected chi connectivity index (χ4v) is 3.28. The molecule has 2 rings (SSSR count). The minimum atomic E-state index is -1.06. The van der Waals surface area contributed by atoms with Gasteiger partial charge in [-0.05, 0) is 0 Å². The van der Waals surface area contributed by atoms with Crippen molar-refractivity contribution >= 4 is 32.5 Å². The topological polar surface area (TPSA) is 55.7 Å². The largest absolute Gasteiger partial charge is 0.252 e. The fraction of sp³-hybridized carbons (Fsp3) is 0.500. The van der Waals surface area contributed by atoms with Gasteiger partial charge in [-0.15, -0.1) is 11.3 Å². The van der Waals surface area contributed by atoms with Crippen molar-refractivity contribution in [3.63, 3.8) is 0 Å². The molecule has 0 aliphatic carbocycles. The number of rotatable bonds is 1. The highest BCUT2D eigenvalue weighted by Crippen LogP contribution is 2.31. The highest BCUT2D eigenvalue weighted by molar-refractivity contribution is 7.86. The third kappa shape index (κ3) is 1.99. The third-order valence-corrected chi connectivity index (χ3v) is 4.51. The molecule has 0 radical (unpaired) electrons. The average molecular weight is 255 g/mol. The van der Waals surface area contributed by atoms with Gasteiger partial charge in [0.2, 0.25) is 0 Å². The van der Waals surface area contributed by atoms with E-state index in [1.165, 1.54) is 17.7 Å². The van der Waals surface area contributed by atoms with Crippen LogP contribution in [-0.2, 0) is 16.2 Å². The minimum absolute atomic E-state index is 0.0553. The zero-order valence-corrected chi connectivity index (χ0v) is 11.3. The standard InChI is InChI=1S/C10H13N3OS2/c1-10(2,3)7-6-8(12-5-11-7)13-9(15-6)16(4)14/h5H,1-4H3. The Morgan fingerprint density at radius 2 is 2.00 bits per heavy atom. The Balaban J connectivity index is 2.73. The van der Waals surface area contributed by atoms with Gasteiger partial charge in [0, 0.05) is 11.7 Å². The number of thiazole rings is 1. The maximum Gasteiger partial charge on any atom is 0.183 e. The molecule has 0 N–H and O–H groups in total. The lowest BCUT2D eigenvalue weighted by atomic mass is 9.92. The molecule has 4 nitrogen and oxygen atoms in total. The summed E-state index contributed by atoms with van der Waals surface area (Å²) in [6, 6.07) is 0. The molecule has 6 heteroatoms. The van der Waals surface area contributed by atoms with Crippen molar-refractivity contribution in [2.24, 2.45) is 0 Å². The molecule has 0 fully saturated rings. The van der Waals surface area contributed by atoms with Crippen molar-refractivity contribution < 1.29 is 4.21 Å². The lowest BCUT2D eigenvalue weighted by Crippen LogP contribution is -2.13. The van der Waals surface area contributed by atoms with Crippen molar-refractivity contribution in [2.75, 3.05) is 6.26 Å². The number of fused-ring (bicyclic) bond motifs is 1. The summed E-state index contributed by atoms with van der Waals surface area (Å²) >= 11 is 1.42. The molecule has 0 aromatic carbocycles. The molecule has 2 aromatic heterocycles. The van der Waals surface area contributed by atoms with E-state index in [1.807, 2.05) is 0 Å². The summed E-state index contributed by atoms with van der Waals surface area (Å²) in [4.78, 5) is 12.7. The highest BCUT2D eigenvalue weighted by Gasteiger charge is 2.22. The Kier molecular flexibility index (Phi) is 2.79.